The van der Waals surface area contributed by atoms with Crippen molar-refractivity contribution in [3.05, 3.63) is 256 Å². The van der Waals surface area contributed by atoms with Gasteiger partial charge in [0, 0.05) is 97.1 Å². The molecule has 0 fully saturated rings. The Bertz CT molecular complexity index is 4790. The van der Waals surface area contributed by atoms with Crippen LogP contribution in [0.2, 0.25) is 0 Å². The number of aromatic nitrogens is 8. The molecule has 8 aromatic heterocycles. The molecule has 0 aliphatic carbocycles. The van der Waals surface area contributed by atoms with Crippen LogP contribution in [0.1, 0.15) is 0 Å². The Hall–Kier alpha value is -10.4. The van der Waals surface area contributed by atoms with Gasteiger partial charge in [-0.15, -0.1) is 0 Å². The quantitative estimate of drug-likeness (QED) is 0.160. The minimum Gasteiger partial charge on any atom is -0.309 e. The predicted molar refractivity (Wildman–Crippen MR) is 311 cm³/mol. The summed E-state index contributed by atoms with van der Waals surface area (Å²) in [6, 6.07) is 78.5. The van der Waals surface area contributed by atoms with Gasteiger partial charge in [-0.3, -0.25) is 19.5 Å². The summed E-state index contributed by atoms with van der Waals surface area (Å²) in [4.78, 5) is 20.5. The fourth-order valence-electron chi connectivity index (χ4n) is 12.3. The van der Waals surface area contributed by atoms with E-state index in [1.54, 1.807) is 0 Å². The highest BCUT2D eigenvalue weighted by Gasteiger charge is 2.32. The Morgan fingerprint density at radius 1 is 0.263 bits per heavy atom. The number of rotatable bonds is 7. The maximum atomic E-state index is 6.27. The van der Waals surface area contributed by atoms with Crippen molar-refractivity contribution in [3.8, 4) is 56.4 Å². The topological polar surface area (TPSA) is 71.3 Å². The first-order valence-corrected chi connectivity index (χ1v) is 25.6. The molecule has 0 saturated heterocycles. The lowest BCUT2D eigenvalue weighted by Gasteiger charge is -2.27. The third kappa shape index (κ3) is 6.06. The molecule has 0 atom stereocenters. The van der Waals surface area contributed by atoms with Gasteiger partial charge in [-0.1, -0.05) is 158 Å². The minimum atomic E-state index is 0.766. The molecule has 0 aliphatic heterocycles. The smallest absolute Gasteiger partial charge is 0.163 e. The van der Waals surface area contributed by atoms with E-state index in [4.69, 9.17) is 19.9 Å². The number of pyridine rings is 4. The molecule has 354 valence electrons. The zero-order chi connectivity index (χ0) is 49.8. The number of hydrogen-bond acceptors (Lipinski definition) is 4. The Balaban J connectivity index is 1.15. The van der Waals surface area contributed by atoms with Crippen LogP contribution < -0.4 is 0 Å². The Morgan fingerprint density at radius 2 is 0.645 bits per heavy atom. The molecule has 8 heterocycles. The third-order valence-corrected chi connectivity index (χ3v) is 15.5. The second-order valence-corrected chi connectivity index (χ2v) is 19.4. The molecule has 0 aliphatic rings. The SMILES string of the molecule is c1ccc(-c2ccccc2-c2c(-n3c4ccccc4c4cnccc43)c(-c3ccc(-n4c5ccccc5c5ccccc54)cc3)nc(-n3c4ccccc4c4cnccc43)c2-n2c3ccccc3c3cnccc32)cc1. The molecule has 76 heavy (non-hydrogen) atoms. The van der Waals surface area contributed by atoms with E-state index in [9.17, 15) is 0 Å². The number of para-hydroxylation sites is 5. The summed E-state index contributed by atoms with van der Waals surface area (Å²) in [5.41, 5.74) is 17.4. The van der Waals surface area contributed by atoms with Gasteiger partial charge in [0.15, 0.2) is 5.82 Å². The van der Waals surface area contributed by atoms with Crippen LogP contribution in [0, 0.1) is 0 Å². The standard InChI is InChI=1S/C68H42N8/c1-2-16-43(17-3-1)46-18-4-5-24-52(46)64-66(74-58-27-13-8-21-49(58)53-40-69-37-34-61(53)74)65(44-30-32-45(33-31-44)73-56-25-11-6-19-47(56)48-20-7-12-26-57(48)73)72-68(76-60-29-15-10-23-51(60)55-42-71-39-36-63(55)76)67(64)75-59-28-14-9-22-50(59)54-41-70-38-35-62(54)75/h1-42H. The molecular formula is C68H42N8. The van der Waals surface area contributed by atoms with Crippen molar-refractivity contribution >= 4 is 87.2 Å². The van der Waals surface area contributed by atoms with Gasteiger partial charge in [-0.2, -0.15) is 0 Å². The lowest BCUT2D eigenvalue weighted by atomic mass is 9.90. The summed E-state index contributed by atoms with van der Waals surface area (Å²) < 4.78 is 9.64. The minimum absolute atomic E-state index is 0.766. The fraction of sp³-hybridized carbons (Fsp3) is 0. The van der Waals surface area contributed by atoms with Crippen LogP contribution in [0.3, 0.4) is 0 Å². The molecule has 8 heteroatoms. The second kappa shape index (κ2) is 16.5. The van der Waals surface area contributed by atoms with Crippen LogP contribution >= 0.6 is 0 Å². The van der Waals surface area contributed by atoms with Crippen molar-refractivity contribution in [2.24, 2.45) is 0 Å². The van der Waals surface area contributed by atoms with E-state index < -0.39 is 0 Å². The molecule has 16 rings (SSSR count). The third-order valence-electron chi connectivity index (χ3n) is 15.5. The summed E-state index contributed by atoms with van der Waals surface area (Å²) in [5.74, 6) is 0.766. The summed E-state index contributed by atoms with van der Waals surface area (Å²) >= 11 is 0. The van der Waals surface area contributed by atoms with Gasteiger partial charge in [0.1, 0.15) is 0 Å². The zero-order valence-electron chi connectivity index (χ0n) is 40.8. The van der Waals surface area contributed by atoms with Crippen LogP contribution in [-0.2, 0) is 0 Å². The summed E-state index contributed by atoms with van der Waals surface area (Å²) in [6.45, 7) is 0. The molecule has 16 aromatic rings. The van der Waals surface area contributed by atoms with E-state index >= 15 is 0 Å². The van der Waals surface area contributed by atoms with E-state index in [0.29, 0.717) is 0 Å². The van der Waals surface area contributed by atoms with Gasteiger partial charge < -0.3 is 13.7 Å². The van der Waals surface area contributed by atoms with E-state index in [1.165, 1.54) is 10.8 Å². The van der Waals surface area contributed by atoms with E-state index in [1.807, 2.05) is 37.2 Å². The van der Waals surface area contributed by atoms with Crippen LogP contribution in [0.15, 0.2) is 256 Å². The van der Waals surface area contributed by atoms with Gasteiger partial charge in [0.2, 0.25) is 0 Å². The van der Waals surface area contributed by atoms with Crippen molar-refractivity contribution in [1.29, 1.82) is 0 Å². The Labute approximate surface area is 435 Å². The Kier molecular flexibility index (Phi) is 9.17. The lowest BCUT2D eigenvalue weighted by Crippen LogP contribution is -2.14. The molecule has 0 radical (unpaired) electrons. The highest BCUT2D eigenvalue weighted by molar-refractivity contribution is 6.15. The fourth-order valence-corrected chi connectivity index (χ4v) is 12.3. The highest BCUT2D eigenvalue weighted by Crippen LogP contribution is 2.50. The largest absolute Gasteiger partial charge is 0.309 e. The van der Waals surface area contributed by atoms with Gasteiger partial charge in [0.05, 0.1) is 61.2 Å². The zero-order valence-corrected chi connectivity index (χ0v) is 40.8. The van der Waals surface area contributed by atoms with Crippen molar-refractivity contribution < 1.29 is 0 Å². The van der Waals surface area contributed by atoms with Gasteiger partial charge in [0.25, 0.3) is 0 Å². The first-order valence-electron chi connectivity index (χ1n) is 25.6. The van der Waals surface area contributed by atoms with Crippen LogP contribution in [0.5, 0.6) is 0 Å². The van der Waals surface area contributed by atoms with Crippen molar-refractivity contribution in [2.75, 3.05) is 0 Å². The maximum Gasteiger partial charge on any atom is 0.163 e. The molecule has 0 spiro atoms. The Morgan fingerprint density at radius 3 is 1.16 bits per heavy atom. The lowest BCUT2D eigenvalue weighted by molar-refractivity contribution is 1.01. The van der Waals surface area contributed by atoms with Crippen molar-refractivity contribution in [1.82, 2.24) is 38.2 Å². The monoisotopic (exact) mass is 970 g/mol. The predicted octanol–water partition coefficient (Wildman–Crippen LogP) is 16.7. The molecule has 0 bridgehead atoms. The molecule has 0 saturated carbocycles. The molecule has 0 amide bonds. The van der Waals surface area contributed by atoms with E-state index in [-0.39, 0.29) is 0 Å². The molecule has 0 N–H and O–H groups in total. The summed E-state index contributed by atoms with van der Waals surface area (Å²) in [7, 11) is 0. The number of hydrogen-bond donors (Lipinski definition) is 0. The summed E-state index contributed by atoms with van der Waals surface area (Å²) in [5, 5.41) is 8.87. The average molecular weight is 971 g/mol. The normalized spacial score (nSPS) is 11.9. The first kappa shape index (κ1) is 42.1. The molecule has 8 aromatic carbocycles. The van der Waals surface area contributed by atoms with Gasteiger partial charge in [-0.05, 0) is 77.4 Å². The van der Waals surface area contributed by atoms with Crippen molar-refractivity contribution in [3.63, 3.8) is 0 Å². The van der Waals surface area contributed by atoms with Gasteiger partial charge >= 0.3 is 0 Å². The molecule has 8 nitrogen and oxygen atoms in total. The van der Waals surface area contributed by atoms with E-state index in [2.05, 4.69) is 237 Å². The average Bonchev–Trinajstić information content (AvgIpc) is 4.33. The summed E-state index contributed by atoms with van der Waals surface area (Å²) in [6.07, 6.45) is 11.7. The number of nitrogens with zero attached hydrogens (tertiary/aromatic N) is 8. The van der Waals surface area contributed by atoms with Crippen LogP contribution in [-0.4, -0.2) is 38.2 Å². The first-order chi connectivity index (χ1) is 37.8. The number of benzene rings is 8. The van der Waals surface area contributed by atoms with Gasteiger partial charge in [-0.25, -0.2) is 4.98 Å². The van der Waals surface area contributed by atoms with Crippen LogP contribution in [0.4, 0.5) is 0 Å². The second-order valence-electron chi connectivity index (χ2n) is 19.4. The maximum absolute atomic E-state index is 6.27. The van der Waals surface area contributed by atoms with Crippen molar-refractivity contribution in [2.45, 2.75) is 0 Å². The van der Waals surface area contributed by atoms with E-state index in [0.717, 1.165) is 133 Å². The highest BCUT2D eigenvalue weighted by atomic mass is 15.2. The van der Waals surface area contributed by atoms with Crippen LogP contribution in [0.25, 0.3) is 144 Å². The molecule has 0 unspecified atom stereocenters. The number of fused-ring (bicyclic) bond motifs is 12. The molecular weight excluding hydrogens is 929 g/mol.